The van der Waals surface area contributed by atoms with Crippen molar-refractivity contribution in [2.24, 2.45) is 0 Å². The summed E-state index contributed by atoms with van der Waals surface area (Å²) in [7, 11) is 0. The monoisotopic (exact) mass is 159 g/mol. The van der Waals surface area contributed by atoms with E-state index in [0.29, 0.717) is 6.42 Å². The molecule has 0 aliphatic carbocycles. The normalized spacial score (nSPS) is 10.2. The zero-order valence-electron chi connectivity index (χ0n) is 5.68. The van der Waals surface area contributed by atoms with Gasteiger partial charge < -0.3 is 10.1 Å². The van der Waals surface area contributed by atoms with Crippen LogP contribution in [0.5, 0.6) is 0 Å². The molecule has 2 N–H and O–H groups in total. The molecule has 56 valence electrons. The van der Waals surface area contributed by atoms with Crippen molar-refractivity contribution in [1.82, 2.24) is 4.98 Å². The zero-order valence-corrected chi connectivity index (χ0v) is 6.49. The number of aliphatic hydroxyl groups excluding tert-OH is 1. The van der Waals surface area contributed by atoms with Crippen LogP contribution < -0.4 is 4.87 Å². The predicted molar refractivity (Wildman–Crippen MR) is 40.5 cm³/mol. The van der Waals surface area contributed by atoms with Crippen LogP contribution in [0.2, 0.25) is 0 Å². The number of aryl methyl sites for hydroxylation is 1. The highest BCUT2D eigenvalue weighted by Gasteiger charge is 2.00. The molecule has 0 radical (unpaired) electrons. The summed E-state index contributed by atoms with van der Waals surface area (Å²) in [5.74, 6) is 0. The average Bonchev–Trinajstić information content (AvgIpc) is 2.13. The molecule has 0 aliphatic heterocycles. The third kappa shape index (κ3) is 1.46. The first-order valence-electron chi connectivity index (χ1n) is 3.03. The van der Waals surface area contributed by atoms with Crippen molar-refractivity contribution in [2.45, 2.75) is 13.3 Å². The summed E-state index contributed by atoms with van der Waals surface area (Å²) in [4.78, 5) is 14.2. The third-order valence-corrected chi connectivity index (χ3v) is 2.31. The SMILES string of the molecule is Cc1[nH]c(=O)sc1CCO. The van der Waals surface area contributed by atoms with Gasteiger partial charge in [0.05, 0.1) is 0 Å². The Morgan fingerprint density at radius 2 is 2.40 bits per heavy atom. The van der Waals surface area contributed by atoms with Gasteiger partial charge in [-0.05, 0) is 6.92 Å². The van der Waals surface area contributed by atoms with Crippen LogP contribution in [0, 0.1) is 6.92 Å². The molecule has 0 atom stereocenters. The molecule has 3 nitrogen and oxygen atoms in total. The van der Waals surface area contributed by atoms with Crippen molar-refractivity contribution < 1.29 is 5.11 Å². The Labute approximate surface area is 62.3 Å². The molecule has 4 heteroatoms. The van der Waals surface area contributed by atoms with Gasteiger partial charge in [0, 0.05) is 23.6 Å². The van der Waals surface area contributed by atoms with E-state index < -0.39 is 0 Å². The van der Waals surface area contributed by atoms with E-state index in [0.717, 1.165) is 10.6 Å². The molecule has 0 unspecified atom stereocenters. The molecule has 0 amide bonds. The van der Waals surface area contributed by atoms with Gasteiger partial charge in [0.15, 0.2) is 0 Å². The molecule has 0 fully saturated rings. The third-order valence-electron chi connectivity index (χ3n) is 1.26. The lowest BCUT2D eigenvalue weighted by Gasteiger charge is -1.90. The van der Waals surface area contributed by atoms with Crippen molar-refractivity contribution in [3.8, 4) is 0 Å². The van der Waals surface area contributed by atoms with Crippen molar-refractivity contribution in [1.29, 1.82) is 0 Å². The molecule has 0 spiro atoms. The van der Waals surface area contributed by atoms with Crippen molar-refractivity contribution in [3.05, 3.63) is 20.2 Å². The minimum Gasteiger partial charge on any atom is -0.396 e. The summed E-state index contributed by atoms with van der Waals surface area (Å²) >= 11 is 1.17. The standard InChI is InChI=1S/C6H9NO2S/c1-4-5(2-3-8)10-6(9)7-4/h8H,2-3H2,1H3,(H,7,9). The molecule has 0 saturated carbocycles. The Morgan fingerprint density at radius 1 is 1.70 bits per heavy atom. The Bertz CT molecular complexity index is 263. The molecule has 1 aromatic heterocycles. The first-order valence-corrected chi connectivity index (χ1v) is 3.85. The fourth-order valence-electron chi connectivity index (χ4n) is 0.777. The van der Waals surface area contributed by atoms with E-state index >= 15 is 0 Å². The smallest absolute Gasteiger partial charge is 0.304 e. The largest absolute Gasteiger partial charge is 0.396 e. The number of thiazole rings is 1. The van der Waals surface area contributed by atoms with Crippen LogP contribution in [0.25, 0.3) is 0 Å². The highest BCUT2D eigenvalue weighted by molar-refractivity contribution is 7.09. The lowest BCUT2D eigenvalue weighted by Crippen LogP contribution is -1.91. The van der Waals surface area contributed by atoms with Crippen LogP contribution in [0.3, 0.4) is 0 Å². The topological polar surface area (TPSA) is 53.1 Å². The van der Waals surface area contributed by atoms with Crippen LogP contribution in [-0.4, -0.2) is 16.7 Å². The van der Waals surface area contributed by atoms with Crippen LogP contribution in [0.1, 0.15) is 10.6 Å². The molecule has 1 aromatic rings. The van der Waals surface area contributed by atoms with Crippen LogP contribution >= 0.6 is 11.3 Å². The molecule has 1 heterocycles. The number of aromatic nitrogens is 1. The van der Waals surface area contributed by atoms with E-state index in [-0.39, 0.29) is 11.5 Å². The summed E-state index contributed by atoms with van der Waals surface area (Å²) in [6, 6.07) is 0. The summed E-state index contributed by atoms with van der Waals surface area (Å²) in [5, 5.41) is 8.54. The highest BCUT2D eigenvalue weighted by Crippen LogP contribution is 2.07. The van der Waals surface area contributed by atoms with Crippen molar-refractivity contribution in [2.75, 3.05) is 6.61 Å². The Kier molecular flexibility index (Phi) is 2.24. The molecule has 0 bridgehead atoms. The minimum absolute atomic E-state index is 0.0408. The first kappa shape index (κ1) is 7.50. The maximum atomic E-state index is 10.7. The van der Waals surface area contributed by atoms with E-state index in [1.807, 2.05) is 6.92 Å². The summed E-state index contributed by atoms with van der Waals surface area (Å²) in [5.41, 5.74) is 0.879. The number of hydrogen-bond donors (Lipinski definition) is 2. The molecule has 0 aromatic carbocycles. The number of aliphatic hydroxyl groups is 1. The number of hydrogen-bond acceptors (Lipinski definition) is 3. The van der Waals surface area contributed by atoms with Crippen molar-refractivity contribution in [3.63, 3.8) is 0 Å². The Morgan fingerprint density at radius 3 is 2.80 bits per heavy atom. The lowest BCUT2D eigenvalue weighted by molar-refractivity contribution is 0.300. The highest BCUT2D eigenvalue weighted by atomic mass is 32.1. The first-order chi connectivity index (χ1) is 4.74. The summed E-state index contributed by atoms with van der Waals surface area (Å²) < 4.78 is 0. The van der Waals surface area contributed by atoms with E-state index in [1.54, 1.807) is 0 Å². The summed E-state index contributed by atoms with van der Waals surface area (Å²) in [6.07, 6.45) is 0.579. The average molecular weight is 159 g/mol. The number of H-pyrrole nitrogens is 1. The van der Waals surface area contributed by atoms with Crippen molar-refractivity contribution >= 4 is 11.3 Å². The van der Waals surface area contributed by atoms with E-state index in [9.17, 15) is 4.79 Å². The Hall–Kier alpha value is -0.610. The van der Waals surface area contributed by atoms with Crippen LogP contribution in [0.4, 0.5) is 0 Å². The maximum absolute atomic E-state index is 10.7. The number of nitrogens with one attached hydrogen (secondary N) is 1. The zero-order chi connectivity index (χ0) is 7.56. The van der Waals surface area contributed by atoms with Crippen LogP contribution in [-0.2, 0) is 6.42 Å². The second-order valence-corrected chi connectivity index (χ2v) is 3.10. The molecule has 0 aliphatic rings. The fraction of sp³-hybridized carbons (Fsp3) is 0.500. The van der Waals surface area contributed by atoms with Gasteiger partial charge in [-0.1, -0.05) is 11.3 Å². The van der Waals surface area contributed by atoms with Gasteiger partial charge in [0.2, 0.25) is 0 Å². The lowest BCUT2D eigenvalue weighted by atomic mass is 10.3. The van der Waals surface area contributed by atoms with Gasteiger partial charge >= 0.3 is 4.87 Å². The minimum atomic E-state index is -0.0408. The quantitative estimate of drug-likeness (QED) is 0.651. The number of aromatic amines is 1. The van der Waals surface area contributed by atoms with E-state index in [4.69, 9.17) is 5.11 Å². The van der Waals surface area contributed by atoms with Gasteiger partial charge in [0.1, 0.15) is 0 Å². The predicted octanol–water partition coefficient (Wildman–Crippen LogP) is 0.280. The summed E-state index contributed by atoms with van der Waals surface area (Å²) in [6.45, 7) is 1.94. The van der Waals surface area contributed by atoms with Gasteiger partial charge in [-0.25, -0.2) is 0 Å². The van der Waals surface area contributed by atoms with Gasteiger partial charge in [-0.15, -0.1) is 0 Å². The second-order valence-electron chi connectivity index (χ2n) is 2.04. The molecule has 10 heavy (non-hydrogen) atoms. The fourth-order valence-corrected chi connectivity index (χ4v) is 1.60. The van der Waals surface area contributed by atoms with Gasteiger partial charge in [-0.3, -0.25) is 4.79 Å². The molecule has 1 rings (SSSR count). The Balaban J connectivity index is 2.92. The van der Waals surface area contributed by atoms with Crippen LogP contribution in [0.15, 0.2) is 4.79 Å². The number of rotatable bonds is 2. The van der Waals surface area contributed by atoms with Gasteiger partial charge in [-0.2, -0.15) is 0 Å². The van der Waals surface area contributed by atoms with Gasteiger partial charge in [0.25, 0.3) is 0 Å². The molecule has 0 saturated heterocycles. The van der Waals surface area contributed by atoms with E-state index in [1.165, 1.54) is 11.3 Å². The maximum Gasteiger partial charge on any atom is 0.304 e. The molecular weight excluding hydrogens is 150 g/mol. The molecular formula is C6H9NO2S. The van der Waals surface area contributed by atoms with E-state index in [2.05, 4.69) is 4.98 Å². The second kappa shape index (κ2) is 2.98.